The molecule has 4 heteroatoms. The monoisotopic (exact) mass is 249 g/mol. The van der Waals surface area contributed by atoms with Crippen molar-refractivity contribution in [1.82, 2.24) is 14.8 Å². The van der Waals surface area contributed by atoms with Crippen LogP contribution in [0.5, 0.6) is 0 Å². The van der Waals surface area contributed by atoms with Gasteiger partial charge in [0, 0.05) is 12.0 Å². The zero-order valence-electron chi connectivity index (χ0n) is 9.72. The summed E-state index contributed by atoms with van der Waals surface area (Å²) >= 11 is 6.27. The Kier molecular flexibility index (Phi) is 1.58. The fourth-order valence-corrected chi connectivity index (χ4v) is 5.04. The van der Waals surface area contributed by atoms with Gasteiger partial charge in [-0.2, -0.15) is 0 Å². The van der Waals surface area contributed by atoms with Gasteiger partial charge < -0.3 is 0 Å². The van der Waals surface area contributed by atoms with Crippen LogP contribution in [0, 0.1) is 23.7 Å². The molecular formula is C13H16ClN3. The molecule has 4 saturated carbocycles. The number of fused-ring (bicyclic) bond motifs is 5. The lowest BCUT2D eigenvalue weighted by atomic mass is 10.0. The summed E-state index contributed by atoms with van der Waals surface area (Å²) in [4.78, 5) is 0. The molecule has 90 valence electrons. The summed E-state index contributed by atoms with van der Waals surface area (Å²) in [6.45, 7) is 0. The van der Waals surface area contributed by atoms with Crippen molar-refractivity contribution in [3.63, 3.8) is 0 Å². The molecule has 4 unspecified atom stereocenters. The molecule has 5 rings (SSSR count). The van der Waals surface area contributed by atoms with E-state index in [4.69, 9.17) is 11.6 Å². The Morgan fingerprint density at radius 1 is 1.00 bits per heavy atom. The zero-order chi connectivity index (χ0) is 11.1. The van der Waals surface area contributed by atoms with Gasteiger partial charge in [-0.15, -0.1) is 10.2 Å². The molecular weight excluding hydrogens is 234 g/mol. The van der Waals surface area contributed by atoms with Gasteiger partial charge in [0.1, 0.15) is 5.82 Å². The largest absolute Gasteiger partial charge is 0.298 e. The molecule has 0 saturated heterocycles. The highest BCUT2D eigenvalue weighted by atomic mass is 35.5. The predicted octanol–water partition coefficient (Wildman–Crippen LogP) is 3.03. The first-order valence-electron chi connectivity index (χ1n) is 6.95. The highest BCUT2D eigenvalue weighted by Gasteiger charge is 2.66. The Labute approximate surface area is 106 Å². The van der Waals surface area contributed by atoms with Crippen LogP contribution in [0.25, 0.3) is 0 Å². The van der Waals surface area contributed by atoms with Crippen molar-refractivity contribution in [2.24, 2.45) is 23.7 Å². The third-order valence-corrected chi connectivity index (χ3v) is 5.87. The Bertz CT molecular complexity index is 477. The van der Waals surface area contributed by atoms with Crippen molar-refractivity contribution in [1.29, 1.82) is 0 Å². The minimum Gasteiger partial charge on any atom is -0.298 e. The van der Waals surface area contributed by atoms with Crippen molar-refractivity contribution in [3.05, 3.63) is 11.1 Å². The Hall–Kier alpha value is -0.570. The van der Waals surface area contributed by atoms with E-state index in [0.717, 1.165) is 23.7 Å². The average Bonchev–Trinajstić information content (AvgIpc) is 3.20. The predicted molar refractivity (Wildman–Crippen MR) is 63.9 cm³/mol. The number of halogens is 1. The van der Waals surface area contributed by atoms with E-state index >= 15 is 0 Å². The summed E-state index contributed by atoms with van der Waals surface area (Å²) in [6.07, 6.45) is 6.97. The molecule has 4 aliphatic carbocycles. The number of hydrogen-bond acceptors (Lipinski definition) is 2. The second kappa shape index (κ2) is 2.87. The van der Waals surface area contributed by atoms with E-state index in [-0.39, 0.29) is 0 Å². The fraction of sp³-hybridized carbons (Fsp3) is 0.846. The molecule has 17 heavy (non-hydrogen) atoms. The Morgan fingerprint density at radius 3 is 2.35 bits per heavy atom. The molecule has 4 aliphatic rings. The molecule has 3 nitrogen and oxygen atoms in total. The summed E-state index contributed by atoms with van der Waals surface area (Å²) in [5.41, 5.74) is 0. The van der Waals surface area contributed by atoms with Gasteiger partial charge in [0.25, 0.3) is 0 Å². The first kappa shape index (κ1) is 9.37. The van der Waals surface area contributed by atoms with Crippen LogP contribution in [0.15, 0.2) is 0 Å². The molecule has 0 aliphatic heterocycles. The molecule has 1 heterocycles. The van der Waals surface area contributed by atoms with E-state index in [0.29, 0.717) is 17.2 Å². The van der Waals surface area contributed by atoms with E-state index in [9.17, 15) is 0 Å². The first-order valence-corrected chi connectivity index (χ1v) is 7.32. The molecule has 1 aromatic rings. The lowest BCUT2D eigenvalue weighted by Gasteiger charge is -2.12. The number of nitrogens with zero attached hydrogens (tertiary/aromatic N) is 3. The van der Waals surface area contributed by atoms with E-state index in [2.05, 4.69) is 14.8 Å². The van der Waals surface area contributed by atoms with Crippen LogP contribution in [-0.2, 0) is 0 Å². The minimum atomic E-state index is 0.644. The Morgan fingerprint density at radius 2 is 1.71 bits per heavy atom. The van der Waals surface area contributed by atoms with Crippen molar-refractivity contribution in [3.8, 4) is 0 Å². The molecule has 0 amide bonds. The summed E-state index contributed by atoms with van der Waals surface area (Å²) in [5.74, 6) is 5.66. The van der Waals surface area contributed by atoms with E-state index < -0.39 is 0 Å². The molecule has 0 aromatic carbocycles. The van der Waals surface area contributed by atoms with E-state index in [1.807, 2.05) is 0 Å². The summed E-state index contributed by atoms with van der Waals surface area (Å²) in [6, 6.07) is 0.666. The standard InChI is InChI=1S/C13H16ClN3/c14-13-16-15-12(6-1-2-6)17(13)11-9-7-3-4-8(5-7)10(9)11/h6-11H,1-5H2. The first-order chi connectivity index (χ1) is 8.34. The van der Waals surface area contributed by atoms with Gasteiger partial charge in [-0.1, -0.05) is 0 Å². The van der Waals surface area contributed by atoms with Gasteiger partial charge in [-0.05, 0) is 67.4 Å². The maximum atomic E-state index is 6.27. The van der Waals surface area contributed by atoms with Gasteiger partial charge in [-0.25, -0.2) is 0 Å². The summed E-state index contributed by atoms with van der Waals surface area (Å²) < 4.78 is 2.30. The van der Waals surface area contributed by atoms with E-state index in [1.54, 1.807) is 0 Å². The molecule has 1 aromatic heterocycles. The topological polar surface area (TPSA) is 30.7 Å². The van der Waals surface area contributed by atoms with Gasteiger partial charge >= 0.3 is 0 Å². The van der Waals surface area contributed by atoms with Gasteiger partial charge in [0.05, 0.1) is 0 Å². The van der Waals surface area contributed by atoms with Crippen LogP contribution in [-0.4, -0.2) is 14.8 Å². The third-order valence-electron chi connectivity index (χ3n) is 5.62. The average molecular weight is 250 g/mol. The van der Waals surface area contributed by atoms with Crippen LogP contribution >= 0.6 is 11.6 Å². The molecule has 0 radical (unpaired) electrons. The van der Waals surface area contributed by atoms with Gasteiger partial charge in [-0.3, -0.25) is 4.57 Å². The quantitative estimate of drug-likeness (QED) is 0.807. The number of rotatable bonds is 2. The molecule has 4 fully saturated rings. The number of hydrogen-bond donors (Lipinski definition) is 0. The van der Waals surface area contributed by atoms with Crippen molar-refractivity contribution >= 4 is 11.6 Å². The second-order valence-corrected chi connectivity index (χ2v) is 6.79. The minimum absolute atomic E-state index is 0.644. The molecule has 0 spiro atoms. The lowest BCUT2D eigenvalue weighted by molar-refractivity contribution is 0.446. The lowest BCUT2D eigenvalue weighted by Crippen LogP contribution is -2.08. The normalized spacial score (nSPS) is 46.3. The highest BCUT2D eigenvalue weighted by molar-refractivity contribution is 6.28. The van der Waals surface area contributed by atoms with Crippen LogP contribution < -0.4 is 0 Å². The van der Waals surface area contributed by atoms with Crippen LogP contribution in [0.2, 0.25) is 5.28 Å². The van der Waals surface area contributed by atoms with Gasteiger partial charge in [0.15, 0.2) is 0 Å². The zero-order valence-corrected chi connectivity index (χ0v) is 10.5. The van der Waals surface area contributed by atoms with Crippen LogP contribution in [0.1, 0.15) is 49.9 Å². The molecule has 4 atom stereocenters. The maximum Gasteiger partial charge on any atom is 0.225 e. The SMILES string of the molecule is Clc1nnc(C2CC2)n1C1C2C3CCC(C3)C21. The van der Waals surface area contributed by atoms with Crippen LogP contribution in [0.3, 0.4) is 0 Å². The third kappa shape index (κ3) is 1.09. The number of aromatic nitrogens is 3. The molecule has 0 N–H and O–H groups in total. The van der Waals surface area contributed by atoms with Crippen molar-refractivity contribution in [2.45, 2.75) is 44.1 Å². The fourth-order valence-electron chi connectivity index (χ4n) is 4.80. The molecule has 2 bridgehead atoms. The smallest absolute Gasteiger partial charge is 0.225 e. The summed E-state index contributed by atoms with van der Waals surface area (Å²) in [7, 11) is 0. The summed E-state index contributed by atoms with van der Waals surface area (Å²) in [5, 5.41) is 9.08. The van der Waals surface area contributed by atoms with Crippen LogP contribution in [0.4, 0.5) is 0 Å². The highest BCUT2D eigenvalue weighted by Crippen LogP contribution is 2.72. The Balaban J connectivity index is 1.55. The van der Waals surface area contributed by atoms with Gasteiger partial charge in [0.2, 0.25) is 5.28 Å². The maximum absolute atomic E-state index is 6.27. The second-order valence-electron chi connectivity index (χ2n) is 6.45. The van der Waals surface area contributed by atoms with E-state index in [1.165, 1.54) is 37.9 Å². The van der Waals surface area contributed by atoms with Crippen molar-refractivity contribution in [2.75, 3.05) is 0 Å². The van der Waals surface area contributed by atoms with Crippen molar-refractivity contribution < 1.29 is 0 Å².